The topological polar surface area (TPSA) is 132 Å². The first-order chi connectivity index (χ1) is 18.6. The number of nitrogens with zero attached hydrogens (tertiary/aromatic N) is 2. The number of rotatable bonds is 7. The minimum absolute atomic E-state index is 0.0840. The number of hydrogen-bond donors (Lipinski definition) is 3. The smallest absolute Gasteiger partial charge is 0.349 e. The Bertz CT molecular complexity index is 1470. The number of aromatic amines is 1. The van der Waals surface area contributed by atoms with Crippen molar-refractivity contribution in [1.82, 2.24) is 20.1 Å². The van der Waals surface area contributed by atoms with E-state index in [0.29, 0.717) is 12.2 Å². The zero-order valence-electron chi connectivity index (χ0n) is 22.0. The van der Waals surface area contributed by atoms with Crippen LogP contribution in [-0.2, 0) is 4.79 Å². The molecule has 1 amide bonds. The molecule has 2 aromatic carbocycles. The minimum atomic E-state index is -0.805. The van der Waals surface area contributed by atoms with Gasteiger partial charge in [0, 0.05) is 13.1 Å². The summed E-state index contributed by atoms with van der Waals surface area (Å²) in [5, 5.41) is 6.37. The summed E-state index contributed by atoms with van der Waals surface area (Å²) in [4.78, 5) is 36.9. The number of nitrogen functional groups attached to an aromatic ring is 1. The van der Waals surface area contributed by atoms with Gasteiger partial charge < -0.3 is 15.8 Å². The van der Waals surface area contributed by atoms with E-state index in [1.807, 2.05) is 18.8 Å². The molecule has 39 heavy (non-hydrogen) atoms. The van der Waals surface area contributed by atoms with Crippen LogP contribution in [0.25, 0.3) is 5.69 Å². The zero-order chi connectivity index (χ0) is 28.5. The van der Waals surface area contributed by atoms with Crippen LogP contribution in [0, 0.1) is 0 Å². The molecule has 0 spiro atoms. The lowest BCUT2D eigenvalue weighted by atomic mass is 9.80. The highest BCUT2D eigenvalue weighted by atomic mass is 35.5. The van der Waals surface area contributed by atoms with Gasteiger partial charge in [0.2, 0.25) is 11.7 Å². The number of nitrogens with two attached hydrogens (primary N) is 1. The van der Waals surface area contributed by atoms with Crippen LogP contribution in [0.5, 0.6) is 5.75 Å². The molecule has 1 aromatic heterocycles. The predicted octanol–water partition coefficient (Wildman–Crippen LogP) is 5.13. The monoisotopic (exact) mass is 571 g/mol. The molecule has 0 aliphatic heterocycles. The van der Waals surface area contributed by atoms with Crippen molar-refractivity contribution in [3.05, 3.63) is 102 Å². The molecule has 0 radical (unpaired) electrons. The van der Waals surface area contributed by atoms with E-state index in [-0.39, 0.29) is 33.2 Å². The van der Waals surface area contributed by atoms with E-state index in [0.717, 1.165) is 16.2 Å². The summed E-state index contributed by atoms with van der Waals surface area (Å²) >= 11 is 12.6. The lowest BCUT2D eigenvalue weighted by molar-refractivity contribution is -0.116. The SMILES string of the molecule is CC/C(C)=C(/C=C\C(=O)NC)Oc1c(Cl)cc(-n2nc(N)c(=O)[nH]c2=O)cc1Cl.c1ccc(C2CCC2)cc1. The summed E-state index contributed by atoms with van der Waals surface area (Å²) in [6.07, 6.45) is 7.73. The van der Waals surface area contributed by atoms with Gasteiger partial charge in [-0.05, 0) is 61.4 Å². The molecule has 0 atom stereocenters. The molecule has 9 nitrogen and oxygen atoms in total. The van der Waals surface area contributed by atoms with Gasteiger partial charge in [-0.2, -0.15) is 4.68 Å². The van der Waals surface area contributed by atoms with Gasteiger partial charge in [-0.1, -0.05) is 66.9 Å². The fourth-order valence-electron chi connectivity index (χ4n) is 3.60. The Morgan fingerprint density at radius 3 is 2.36 bits per heavy atom. The minimum Gasteiger partial charge on any atom is -0.454 e. The predicted molar refractivity (Wildman–Crippen MR) is 155 cm³/mol. The second-order valence-electron chi connectivity index (χ2n) is 8.88. The fraction of sp³-hybridized carbons (Fsp3) is 0.286. The van der Waals surface area contributed by atoms with Gasteiger partial charge in [-0.3, -0.25) is 14.6 Å². The van der Waals surface area contributed by atoms with Crippen LogP contribution in [0.2, 0.25) is 10.0 Å². The van der Waals surface area contributed by atoms with Gasteiger partial charge in [0.05, 0.1) is 15.7 Å². The normalized spacial score (nSPS) is 13.7. The summed E-state index contributed by atoms with van der Waals surface area (Å²) < 4.78 is 6.71. The standard InChI is InChI=1S/C18H19Cl2N5O4.C10H12/c1-4-9(2)13(5-6-14(26)22-3)29-15-11(19)7-10(8-12(15)20)25-18(28)23-17(27)16(21)24-25;1-2-5-9(6-3-1)10-7-4-8-10/h5-8H,4H2,1-3H3,(H2,21,24)(H,22,26)(H,23,27,28);1-3,5-6,10H,4,7-8H2/b6-5-,13-9-;. The number of nitrogens with one attached hydrogen (secondary N) is 2. The number of anilines is 1. The average molecular weight is 572 g/mol. The molecule has 0 unspecified atom stereocenters. The van der Waals surface area contributed by atoms with E-state index in [9.17, 15) is 14.4 Å². The third kappa shape index (κ3) is 7.84. The second-order valence-corrected chi connectivity index (χ2v) is 9.70. The number of amides is 1. The second kappa shape index (κ2) is 13.8. The Morgan fingerprint density at radius 1 is 1.18 bits per heavy atom. The average Bonchev–Trinajstić information content (AvgIpc) is 2.89. The first-order valence-corrected chi connectivity index (χ1v) is 13.2. The Hall–Kier alpha value is -3.82. The molecule has 1 fully saturated rings. The van der Waals surface area contributed by atoms with E-state index in [4.69, 9.17) is 33.7 Å². The number of hydrogen-bond acceptors (Lipinski definition) is 6. The largest absolute Gasteiger partial charge is 0.454 e. The number of carbonyl (C=O) groups excluding carboxylic acids is 1. The third-order valence-corrected chi connectivity index (χ3v) is 6.81. The lowest BCUT2D eigenvalue weighted by Gasteiger charge is -2.25. The van der Waals surface area contributed by atoms with Gasteiger partial charge in [-0.25, -0.2) is 4.79 Å². The number of H-pyrrole nitrogens is 1. The van der Waals surface area contributed by atoms with Gasteiger partial charge in [0.25, 0.3) is 5.56 Å². The van der Waals surface area contributed by atoms with Crippen molar-refractivity contribution in [2.75, 3.05) is 12.8 Å². The molecule has 3 aromatic rings. The molecule has 0 bridgehead atoms. The van der Waals surface area contributed by atoms with Crippen molar-refractivity contribution in [2.45, 2.75) is 45.4 Å². The van der Waals surface area contributed by atoms with Crippen LogP contribution >= 0.6 is 23.2 Å². The number of halogens is 2. The molecule has 1 aliphatic rings. The Morgan fingerprint density at radius 2 is 1.82 bits per heavy atom. The molecular weight excluding hydrogens is 541 g/mol. The van der Waals surface area contributed by atoms with Crippen LogP contribution in [0.4, 0.5) is 5.82 Å². The highest BCUT2D eigenvalue weighted by Crippen LogP contribution is 2.37. The summed E-state index contributed by atoms with van der Waals surface area (Å²) in [6, 6.07) is 13.6. The number of benzene rings is 2. The highest BCUT2D eigenvalue weighted by Gasteiger charge is 2.18. The maximum atomic E-state index is 12.0. The van der Waals surface area contributed by atoms with Crippen molar-refractivity contribution in [3.8, 4) is 11.4 Å². The Kier molecular flexibility index (Phi) is 10.5. The van der Waals surface area contributed by atoms with E-state index >= 15 is 0 Å². The summed E-state index contributed by atoms with van der Waals surface area (Å²) in [7, 11) is 1.51. The van der Waals surface area contributed by atoms with Crippen LogP contribution in [0.1, 0.15) is 51.0 Å². The maximum absolute atomic E-state index is 12.0. The molecule has 0 saturated heterocycles. The molecule has 1 heterocycles. The molecule has 1 aliphatic carbocycles. The Labute approximate surface area is 236 Å². The summed E-state index contributed by atoms with van der Waals surface area (Å²) in [5.41, 5.74) is 6.43. The molecule has 4 rings (SSSR count). The quantitative estimate of drug-likeness (QED) is 0.204. The number of allylic oxidation sites excluding steroid dienone is 2. The van der Waals surface area contributed by atoms with Crippen LogP contribution in [-0.4, -0.2) is 27.7 Å². The van der Waals surface area contributed by atoms with Crippen molar-refractivity contribution in [3.63, 3.8) is 0 Å². The van der Waals surface area contributed by atoms with E-state index < -0.39 is 11.2 Å². The van der Waals surface area contributed by atoms with Crippen LogP contribution < -0.4 is 27.0 Å². The van der Waals surface area contributed by atoms with Gasteiger partial charge in [-0.15, -0.1) is 5.10 Å². The summed E-state index contributed by atoms with van der Waals surface area (Å²) in [6.45, 7) is 3.77. The first kappa shape index (κ1) is 29.7. The Balaban J connectivity index is 0.000000346. The van der Waals surface area contributed by atoms with Crippen LogP contribution in [0.15, 0.2) is 75.5 Å². The number of likely N-dealkylation sites (N-methyl/N-ethyl adjacent to an activating group) is 1. The van der Waals surface area contributed by atoms with Gasteiger partial charge >= 0.3 is 5.69 Å². The fourth-order valence-corrected chi connectivity index (χ4v) is 4.16. The molecular formula is C28H31Cl2N5O4. The van der Waals surface area contributed by atoms with Crippen molar-refractivity contribution < 1.29 is 9.53 Å². The van der Waals surface area contributed by atoms with E-state index in [1.165, 1.54) is 56.2 Å². The van der Waals surface area contributed by atoms with Crippen LogP contribution in [0.3, 0.4) is 0 Å². The molecule has 4 N–H and O–H groups in total. The maximum Gasteiger partial charge on any atom is 0.349 e. The first-order valence-electron chi connectivity index (χ1n) is 12.4. The molecule has 11 heteroatoms. The summed E-state index contributed by atoms with van der Waals surface area (Å²) in [5.74, 6) is 0.730. The van der Waals surface area contributed by atoms with E-state index in [1.54, 1.807) is 0 Å². The van der Waals surface area contributed by atoms with Crippen molar-refractivity contribution >= 4 is 34.9 Å². The number of ether oxygens (including phenoxy) is 1. The van der Waals surface area contributed by atoms with Crippen molar-refractivity contribution in [1.29, 1.82) is 0 Å². The van der Waals surface area contributed by atoms with Gasteiger partial charge in [0.1, 0.15) is 5.76 Å². The number of carbonyl (C=O) groups is 1. The molecule has 1 saturated carbocycles. The van der Waals surface area contributed by atoms with Gasteiger partial charge in [0.15, 0.2) is 5.75 Å². The third-order valence-electron chi connectivity index (χ3n) is 6.25. The number of aromatic nitrogens is 3. The molecule has 206 valence electrons. The van der Waals surface area contributed by atoms with E-state index in [2.05, 4.69) is 40.7 Å². The van der Waals surface area contributed by atoms with Crippen molar-refractivity contribution in [2.24, 2.45) is 0 Å². The zero-order valence-corrected chi connectivity index (χ0v) is 23.5. The lowest BCUT2D eigenvalue weighted by Crippen LogP contribution is -2.33. The highest BCUT2D eigenvalue weighted by molar-refractivity contribution is 6.37.